The molecule has 0 saturated carbocycles. The molecule has 0 bridgehead atoms. The zero-order valence-electron chi connectivity index (χ0n) is 14.7. The summed E-state index contributed by atoms with van der Waals surface area (Å²) in [6.45, 7) is 0. The summed E-state index contributed by atoms with van der Waals surface area (Å²) in [4.78, 5) is 28.9. The second-order valence-corrected chi connectivity index (χ2v) is 6.32. The number of pyridine rings is 1. The Morgan fingerprint density at radius 3 is 2.61 bits per heavy atom. The second-order valence-electron chi connectivity index (χ2n) is 6.32. The van der Waals surface area contributed by atoms with Gasteiger partial charge in [0.25, 0.3) is 5.91 Å². The summed E-state index contributed by atoms with van der Waals surface area (Å²) >= 11 is 0. The summed E-state index contributed by atoms with van der Waals surface area (Å²) in [6.07, 6.45) is 1.70. The van der Waals surface area contributed by atoms with Crippen molar-refractivity contribution in [3.05, 3.63) is 66.6 Å². The minimum Gasteiger partial charge on any atom is -0.368 e. The molecular formula is C20H16FN5O2. The molecule has 1 atom stereocenters. The molecule has 0 radical (unpaired) electrons. The number of para-hydroxylation sites is 1. The molecule has 2 aromatic carbocycles. The quantitative estimate of drug-likeness (QED) is 0.729. The van der Waals surface area contributed by atoms with Crippen molar-refractivity contribution >= 4 is 39.8 Å². The van der Waals surface area contributed by atoms with Gasteiger partial charge in [-0.2, -0.15) is 5.10 Å². The summed E-state index contributed by atoms with van der Waals surface area (Å²) in [7, 11) is 0. The van der Waals surface area contributed by atoms with Gasteiger partial charge in [0.15, 0.2) is 0 Å². The second kappa shape index (κ2) is 7.07. The van der Waals surface area contributed by atoms with Crippen LogP contribution >= 0.6 is 0 Å². The van der Waals surface area contributed by atoms with Gasteiger partial charge in [0.05, 0.1) is 16.9 Å². The average molecular weight is 377 g/mol. The minimum atomic E-state index is -0.822. The molecule has 1 aromatic heterocycles. The van der Waals surface area contributed by atoms with Crippen LogP contribution in [0.2, 0.25) is 0 Å². The van der Waals surface area contributed by atoms with Gasteiger partial charge >= 0.3 is 0 Å². The number of carbonyl (C=O) groups excluding carboxylic acids is 2. The number of primary amides is 1. The number of halogens is 1. The molecule has 0 saturated heterocycles. The fourth-order valence-electron chi connectivity index (χ4n) is 3.10. The van der Waals surface area contributed by atoms with Crippen molar-refractivity contribution in [2.45, 2.75) is 12.5 Å². The SMILES string of the molecule is NC(=O)C1CC(C(=O)Nc2cccc3cccnc23)=NN1c1ccc(F)cc1. The monoisotopic (exact) mass is 377 g/mol. The van der Waals surface area contributed by atoms with Crippen LogP contribution in [0.4, 0.5) is 15.8 Å². The molecule has 0 fully saturated rings. The van der Waals surface area contributed by atoms with E-state index in [1.807, 2.05) is 24.3 Å². The largest absolute Gasteiger partial charge is 0.368 e. The van der Waals surface area contributed by atoms with Crippen molar-refractivity contribution in [3.8, 4) is 0 Å². The summed E-state index contributed by atoms with van der Waals surface area (Å²) in [5.41, 5.74) is 7.30. The summed E-state index contributed by atoms with van der Waals surface area (Å²) in [6, 6.07) is 13.8. The zero-order chi connectivity index (χ0) is 19.7. The third-order valence-electron chi connectivity index (χ3n) is 4.47. The molecule has 1 aliphatic heterocycles. The Labute approximate surface area is 159 Å². The molecule has 1 aliphatic rings. The first kappa shape index (κ1) is 17.6. The number of hydrazone groups is 1. The Balaban J connectivity index is 1.62. The lowest BCUT2D eigenvalue weighted by Gasteiger charge is -2.20. The Bertz CT molecular complexity index is 1090. The van der Waals surface area contributed by atoms with E-state index in [1.54, 1.807) is 12.3 Å². The third kappa shape index (κ3) is 3.27. The number of hydrogen-bond acceptors (Lipinski definition) is 5. The van der Waals surface area contributed by atoms with Gasteiger partial charge in [0.1, 0.15) is 17.6 Å². The van der Waals surface area contributed by atoms with Crippen LogP contribution in [-0.4, -0.2) is 28.6 Å². The molecule has 8 heteroatoms. The third-order valence-corrected chi connectivity index (χ3v) is 4.47. The number of fused-ring (bicyclic) bond motifs is 1. The fraction of sp³-hybridized carbons (Fsp3) is 0.100. The molecule has 0 aliphatic carbocycles. The Hall–Kier alpha value is -3.81. The first-order valence-corrected chi connectivity index (χ1v) is 8.59. The molecule has 0 spiro atoms. The van der Waals surface area contributed by atoms with Gasteiger partial charge in [0, 0.05) is 18.0 Å². The van der Waals surface area contributed by atoms with Gasteiger partial charge in [0.2, 0.25) is 5.91 Å². The predicted molar refractivity (Wildman–Crippen MR) is 104 cm³/mol. The molecular weight excluding hydrogens is 361 g/mol. The van der Waals surface area contributed by atoms with E-state index in [0.29, 0.717) is 16.9 Å². The fourth-order valence-corrected chi connectivity index (χ4v) is 3.10. The van der Waals surface area contributed by atoms with Crippen molar-refractivity contribution in [1.82, 2.24) is 4.98 Å². The number of anilines is 2. The van der Waals surface area contributed by atoms with E-state index >= 15 is 0 Å². The molecule has 140 valence electrons. The van der Waals surface area contributed by atoms with Crippen molar-refractivity contribution in [2.75, 3.05) is 10.3 Å². The Morgan fingerprint density at radius 1 is 1.11 bits per heavy atom. The maximum atomic E-state index is 13.2. The normalized spacial score (nSPS) is 16.1. The predicted octanol–water partition coefficient (Wildman–Crippen LogP) is 2.43. The summed E-state index contributed by atoms with van der Waals surface area (Å²) in [5, 5.41) is 9.29. The molecule has 2 amide bonds. The van der Waals surface area contributed by atoms with Gasteiger partial charge in [-0.25, -0.2) is 4.39 Å². The number of carbonyl (C=O) groups is 2. The number of benzene rings is 2. The van der Waals surface area contributed by atoms with Crippen molar-refractivity contribution in [1.29, 1.82) is 0 Å². The molecule has 4 rings (SSSR count). The lowest BCUT2D eigenvalue weighted by Crippen LogP contribution is -2.39. The number of hydrogen-bond donors (Lipinski definition) is 2. The van der Waals surface area contributed by atoms with Crippen LogP contribution in [0.1, 0.15) is 6.42 Å². The van der Waals surface area contributed by atoms with Crippen LogP contribution in [0.25, 0.3) is 10.9 Å². The number of nitrogens with one attached hydrogen (secondary N) is 1. The van der Waals surface area contributed by atoms with E-state index in [0.717, 1.165) is 5.39 Å². The lowest BCUT2D eigenvalue weighted by atomic mass is 10.1. The van der Waals surface area contributed by atoms with E-state index in [-0.39, 0.29) is 12.1 Å². The molecule has 28 heavy (non-hydrogen) atoms. The van der Waals surface area contributed by atoms with Gasteiger partial charge < -0.3 is 11.1 Å². The Kier molecular flexibility index (Phi) is 4.44. The van der Waals surface area contributed by atoms with Gasteiger partial charge in [-0.1, -0.05) is 18.2 Å². The highest BCUT2D eigenvalue weighted by atomic mass is 19.1. The highest BCUT2D eigenvalue weighted by Crippen LogP contribution is 2.26. The number of nitrogens with two attached hydrogens (primary N) is 1. The van der Waals surface area contributed by atoms with E-state index in [1.165, 1.54) is 29.3 Å². The summed E-state index contributed by atoms with van der Waals surface area (Å²) in [5.74, 6) is -1.49. The van der Waals surface area contributed by atoms with Crippen LogP contribution in [0.5, 0.6) is 0 Å². The van der Waals surface area contributed by atoms with Crippen LogP contribution < -0.4 is 16.1 Å². The van der Waals surface area contributed by atoms with Crippen molar-refractivity contribution < 1.29 is 14.0 Å². The highest BCUT2D eigenvalue weighted by Gasteiger charge is 2.35. The maximum Gasteiger partial charge on any atom is 0.272 e. The molecule has 3 N–H and O–H groups in total. The standard InChI is InChI=1S/C20H16FN5O2/c21-13-6-8-14(9-7-13)26-17(19(22)27)11-16(25-26)20(28)24-15-5-1-3-12-4-2-10-23-18(12)15/h1-10,17H,11H2,(H2,22,27)(H,24,28). The number of nitrogens with zero attached hydrogens (tertiary/aromatic N) is 3. The van der Waals surface area contributed by atoms with Crippen LogP contribution in [-0.2, 0) is 9.59 Å². The molecule has 7 nitrogen and oxygen atoms in total. The van der Waals surface area contributed by atoms with Gasteiger partial charge in [-0.15, -0.1) is 0 Å². The van der Waals surface area contributed by atoms with Crippen LogP contribution in [0.3, 0.4) is 0 Å². The van der Waals surface area contributed by atoms with Gasteiger partial charge in [-0.3, -0.25) is 19.6 Å². The van der Waals surface area contributed by atoms with Gasteiger partial charge in [-0.05, 0) is 36.4 Å². The topological polar surface area (TPSA) is 101 Å². The first-order valence-electron chi connectivity index (χ1n) is 8.59. The van der Waals surface area contributed by atoms with E-state index < -0.39 is 23.7 Å². The van der Waals surface area contributed by atoms with Crippen molar-refractivity contribution in [2.24, 2.45) is 10.8 Å². The van der Waals surface area contributed by atoms with Crippen molar-refractivity contribution in [3.63, 3.8) is 0 Å². The first-order chi connectivity index (χ1) is 13.5. The smallest absolute Gasteiger partial charge is 0.272 e. The van der Waals surface area contributed by atoms with E-state index in [9.17, 15) is 14.0 Å². The minimum absolute atomic E-state index is 0.0523. The maximum absolute atomic E-state index is 13.2. The number of amides is 2. The summed E-state index contributed by atoms with van der Waals surface area (Å²) < 4.78 is 13.2. The van der Waals surface area contributed by atoms with E-state index in [4.69, 9.17) is 5.73 Å². The zero-order valence-corrected chi connectivity index (χ0v) is 14.7. The Morgan fingerprint density at radius 2 is 1.86 bits per heavy atom. The molecule has 1 unspecified atom stereocenters. The van der Waals surface area contributed by atoms with Crippen LogP contribution in [0, 0.1) is 5.82 Å². The molecule has 3 aromatic rings. The average Bonchev–Trinajstić information content (AvgIpc) is 3.15. The molecule has 2 heterocycles. The lowest BCUT2D eigenvalue weighted by molar-refractivity contribution is -0.119. The van der Waals surface area contributed by atoms with E-state index in [2.05, 4.69) is 15.4 Å². The van der Waals surface area contributed by atoms with Crippen LogP contribution in [0.15, 0.2) is 65.9 Å². The number of aromatic nitrogens is 1. The number of rotatable bonds is 4. The highest BCUT2D eigenvalue weighted by molar-refractivity contribution is 6.44.